The van der Waals surface area contributed by atoms with Crippen LogP contribution in [0.2, 0.25) is 0 Å². The van der Waals surface area contributed by atoms with Crippen LogP contribution in [0.4, 0.5) is 0 Å². The SMILES string of the molecule is CCNC(=NCCN1CCc2sccc2C1)NCCc1csc(C)n1. The number of hydrogen-bond acceptors (Lipinski definition) is 5. The highest BCUT2D eigenvalue weighted by Gasteiger charge is 2.16. The molecular formula is C18H27N5S2. The van der Waals surface area contributed by atoms with E-state index in [9.17, 15) is 0 Å². The third-order valence-corrected chi connectivity index (χ3v) is 6.10. The summed E-state index contributed by atoms with van der Waals surface area (Å²) >= 11 is 3.60. The number of guanidine groups is 1. The van der Waals surface area contributed by atoms with E-state index >= 15 is 0 Å². The Morgan fingerprint density at radius 2 is 2.28 bits per heavy atom. The van der Waals surface area contributed by atoms with Crippen molar-refractivity contribution in [2.24, 2.45) is 4.99 Å². The van der Waals surface area contributed by atoms with Crippen LogP contribution in [0, 0.1) is 6.92 Å². The molecule has 2 aromatic heterocycles. The number of nitrogens with zero attached hydrogens (tertiary/aromatic N) is 3. The molecule has 1 aliphatic rings. The lowest BCUT2D eigenvalue weighted by Crippen LogP contribution is -2.39. The fourth-order valence-corrected chi connectivity index (χ4v) is 4.51. The first-order chi connectivity index (χ1) is 12.2. The summed E-state index contributed by atoms with van der Waals surface area (Å²) in [5.74, 6) is 0.905. The molecule has 7 heteroatoms. The highest BCUT2D eigenvalue weighted by molar-refractivity contribution is 7.10. The van der Waals surface area contributed by atoms with E-state index in [-0.39, 0.29) is 0 Å². The second-order valence-corrected chi connectivity index (χ2v) is 8.25. The van der Waals surface area contributed by atoms with Crippen LogP contribution in [-0.4, -0.2) is 48.6 Å². The zero-order valence-electron chi connectivity index (χ0n) is 15.0. The van der Waals surface area contributed by atoms with E-state index in [0.717, 1.165) is 62.4 Å². The Balaban J connectivity index is 1.42. The molecule has 2 N–H and O–H groups in total. The number of aliphatic imine (C=N–C) groups is 1. The van der Waals surface area contributed by atoms with Gasteiger partial charge in [0.05, 0.1) is 17.2 Å². The minimum absolute atomic E-state index is 0.824. The highest BCUT2D eigenvalue weighted by atomic mass is 32.1. The molecule has 0 spiro atoms. The average molecular weight is 378 g/mol. The zero-order chi connectivity index (χ0) is 17.5. The van der Waals surface area contributed by atoms with Crippen LogP contribution in [0.1, 0.15) is 28.1 Å². The molecule has 0 atom stereocenters. The molecule has 0 aromatic carbocycles. The summed E-state index contributed by atoms with van der Waals surface area (Å²) in [4.78, 5) is 13.3. The van der Waals surface area contributed by atoms with Crippen molar-refractivity contribution in [3.63, 3.8) is 0 Å². The highest BCUT2D eigenvalue weighted by Crippen LogP contribution is 2.23. The molecule has 3 heterocycles. The molecule has 0 aliphatic carbocycles. The molecule has 5 nitrogen and oxygen atoms in total. The van der Waals surface area contributed by atoms with Crippen LogP contribution < -0.4 is 10.6 Å². The summed E-state index contributed by atoms with van der Waals surface area (Å²) in [6, 6.07) is 2.27. The van der Waals surface area contributed by atoms with E-state index in [1.165, 1.54) is 12.0 Å². The Morgan fingerprint density at radius 3 is 3.08 bits per heavy atom. The predicted molar refractivity (Wildman–Crippen MR) is 108 cm³/mol. The lowest BCUT2D eigenvalue weighted by molar-refractivity contribution is 0.263. The number of hydrogen-bond donors (Lipinski definition) is 2. The number of fused-ring (bicyclic) bond motifs is 1. The Labute approximate surface area is 158 Å². The van der Waals surface area contributed by atoms with Crippen LogP contribution in [-0.2, 0) is 19.4 Å². The second kappa shape index (κ2) is 9.31. The molecule has 0 saturated heterocycles. The van der Waals surface area contributed by atoms with Crippen molar-refractivity contribution in [3.05, 3.63) is 38.0 Å². The molecule has 25 heavy (non-hydrogen) atoms. The molecular weight excluding hydrogens is 350 g/mol. The maximum absolute atomic E-state index is 4.73. The Morgan fingerprint density at radius 1 is 1.36 bits per heavy atom. The van der Waals surface area contributed by atoms with Gasteiger partial charge in [-0.05, 0) is 37.3 Å². The van der Waals surface area contributed by atoms with Crippen molar-refractivity contribution < 1.29 is 0 Å². The minimum atomic E-state index is 0.824. The normalized spacial score (nSPS) is 15.2. The van der Waals surface area contributed by atoms with Gasteiger partial charge in [-0.2, -0.15) is 0 Å². The van der Waals surface area contributed by atoms with Gasteiger partial charge >= 0.3 is 0 Å². The zero-order valence-corrected chi connectivity index (χ0v) is 16.7. The van der Waals surface area contributed by atoms with Crippen molar-refractivity contribution in [2.45, 2.75) is 33.2 Å². The van der Waals surface area contributed by atoms with Crippen LogP contribution in [0.15, 0.2) is 21.8 Å². The Bertz CT molecular complexity index is 691. The van der Waals surface area contributed by atoms with Gasteiger partial charge < -0.3 is 10.6 Å². The first-order valence-electron chi connectivity index (χ1n) is 8.95. The van der Waals surface area contributed by atoms with Gasteiger partial charge in [-0.3, -0.25) is 9.89 Å². The summed E-state index contributed by atoms with van der Waals surface area (Å²) < 4.78 is 0. The number of aryl methyl sites for hydroxylation is 1. The van der Waals surface area contributed by atoms with Crippen molar-refractivity contribution in [1.82, 2.24) is 20.5 Å². The molecule has 2 aromatic rings. The molecule has 3 rings (SSSR count). The first-order valence-corrected chi connectivity index (χ1v) is 10.7. The quantitative estimate of drug-likeness (QED) is 0.575. The van der Waals surface area contributed by atoms with Gasteiger partial charge in [0.2, 0.25) is 0 Å². The predicted octanol–water partition coefficient (Wildman–Crippen LogP) is 2.67. The lowest BCUT2D eigenvalue weighted by Gasteiger charge is -2.26. The van der Waals surface area contributed by atoms with Crippen molar-refractivity contribution in [1.29, 1.82) is 0 Å². The third kappa shape index (κ3) is 5.52. The van der Waals surface area contributed by atoms with Gasteiger partial charge in [0.15, 0.2) is 5.96 Å². The van der Waals surface area contributed by atoms with Gasteiger partial charge in [-0.1, -0.05) is 0 Å². The smallest absolute Gasteiger partial charge is 0.191 e. The summed E-state index contributed by atoms with van der Waals surface area (Å²) in [5, 5.41) is 12.2. The minimum Gasteiger partial charge on any atom is -0.357 e. The van der Waals surface area contributed by atoms with Gasteiger partial charge in [0.1, 0.15) is 0 Å². The maximum Gasteiger partial charge on any atom is 0.191 e. The van der Waals surface area contributed by atoms with Gasteiger partial charge in [0.25, 0.3) is 0 Å². The summed E-state index contributed by atoms with van der Waals surface area (Å²) in [6.45, 7) is 9.94. The van der Waals surface area contributed by atoms with Crippen LogP contribution in [0.25, 0.3) is 0 Å². The third-order valence-electron chi connectivity index (χ3n) is 4.26. The topological polar surface area (TPSA) is 52.6 Å². The van der Waals surface area contributed by atoms with E-state index in [4.69, 9.17) is 4.99 Å². The van der Waals surface area contributed by atoms with E-state index in [0.29, 0.717) is 0 Å². The molecule has 1 aliphatic heterocycles. The summed E-state index contributed by atoms with van der Waals surface area (Å²) in [7, 11) is 0. The molecule has 0 bridgehead atoms. The number of aromatic nitrogens is 1. The van der Waals surface area contributed by atoms with Gasteiger partial charge in [-0.25, -0.2) is 4.98 Å². The molecule has 0 saturated carbocycles. The van der Waals surface area contributed by atoms with Crippen LogP contribution >= 0.6 is 22.7 Å². The number of nitrogens with one attached hydrogen (secondary N) is 2. The largest absolute Gasteiger partial charge is 0.357 e. The lowest BCUT2D eigenvalue weighted by atomic mass is 10.1. The van der Waals surface area contributed by atoms with E-state index < -0.39 is 0 Å². The van der Waals surface area contributed by atoms with Crippen molar-refractivity contribution >= 4 is 28.6 Å². The summed E-state index contributed by atoms with van der Waals surface area (Å²) in [5.41, 5.74) is 2.66. The standard InChI is InChI=1S/C18H27N5S2/c1-3-19-18(20-7-4-16-13-25-14(2)22-16)21-8-10-23-9-5-17-15(12-23)6-11-24-17/h6,11,13H,3-5,7-10,12H2,1-2H3,(H2,19,20,21). The molecule has 0 fully saturated rings. The Hall–Kier alpha value is -1.44. The fraction of sp³-hybridized carbons (Fsp3) is 0.556. The Kier molecular flexibility index (Phi) is 6.84. The molecule has 0 radical (unpaired) electrons. The maximum atomic E-state index is 4.73. The fourth-order valence-electron chi connectivity index (χ4n) is 2.97. The molecule has 0 unspecified atom stereocenters. The van der Waals surface area contributed by atoms with Crippen molar-refractivity contribution in [2.75, 3.05) is 32.7 Å². The van der Waals surface area contributed by atoms with E-state index in [2.05, 4.69) is 44.3 Å². The first kappa shape index (κ1) is 18.4. The van der Waals surface area contributed by atoms with E-state index in [1.807, 2.05) is 18.3 Å². The number of thiazole rings is 1. The van der Waals surface area contributed by atoms with Gasteiger partial charge in [0, 0.05) is 49.4 Å². The van der Waals surface area contributed by atoms with E-state index in [1.54, 1.807) is 16.2 Å². The molecule has 136 valence electrons. The second-order valence-electron chi connectivity index (χ2n) is 6.19. The van der Waals surface area contributed by atoms with Crippen LogP contribution in [0.3, 0.4) is 0 Å². The summed E-state index contributed by atoms with van der Waals surface area (Å²) in [6.07, 6.45) is 2.11. The van der Waals surface area contributed by atoms with Crippen molar-refractivity contribution in [3.8, 4) is 0 Å². The van der Waals surface area contributed by atoms with Gasteiger partial charge in [-0.15, -0.1) is 22.7 Å². The average Bonchev–Trinajstić information content (AvgIpc) is 3.23. The van der Waals surface area contributed by atoms with Crippen LogP contribution in [0.5, 0.6) is 0 Å². The molecule has 0 amide bonds. The number of rotatable bonds is 7. The monoisotopic (exact) mass is 377 g/mol. The number of thiophene rings is 1.